The van der Waals surface area contributed by atoms with E-state index in [0.717, 1.165) is 45.3 Å². The number of nitrogens with zero attached hydrogens (tertiary/aromatic N) is 3. The van der Waals surface area contributed by atoms with E-state index in [-0.39, 0.29) is 23.4 Å². The van der Waals surface area contributed by atoms with Crippen LogP contribution in [-0.2, 0) is 4.79 Å². The summed E-state index contributed by atoms with van der Waals surface area (Å²) >= 11 is 0. The highest BCUT2D eigenvalue weighted by Gasteiger charge is 2.31. The second-order valence-corrected chi connectivity index (χ2v) is 8.78. The third-order valence-corrected chi connectivity index (χ3v) is 6.18. The van der Waals surface area contributed by atoms with E-state index in [1.54, 1.807) is 0 Å². The lowest BCUT2D eigenvalue weighted by molar-refractivity contribution is -0.384. The van der Waals surface area contributed by atoms with E-state index in [4.69, 9.17) is 0 Å². The number of carbonyl (C=O) groups is 2. The zero-order chi connectivity index (χ0) is 21.7. The van der Waals surface area contributed by atoms with Crippen molar-refractivity contribution in [2.45, 2.75) is 45.6 Å². The van der Waals surface area contributed by atoms with Gasteiger partial charge in [-0.1, -0.05) is 13.8 Å². The molecule has 3 rings (SSSR count). The molecule has 2 aliphatic rings. The summed E-state index contributed by atoms with van der Waals surface area (Å²) in [6.45, 7) is 8.18. The van der Waals surface area contributed by atoms with Crippen molar-refractivity contribution in [2.75, 3.05) is 32.7 Å². The average molecular weight is 417 g/mol. The third kappa shape index (κ3) is 5.56. The number of nitrogens with one attached hydrogen (secondary N) is 1. The molecule has 0 saturated carbocycles. The van der Waals surface area contributed by atoms with Crippen LogP contribution in [0.2, 0.25) is 0 Å². The summed E-state index contributed by atoms with van der Waals surface area (Å²) in [6, 6.07) is 6.26. The second-order valence-electron chi connectivity index (χ2n) is 8.78. The summed E-state index contributed by atoms with van der Waals surface area (Å²) in [5, 5.41) is 13.8. The molecule has 2 amide bonds. The number of benzene rings is 1. The van der Waals surface area contributed by atoms with Crippen LogP contribution in [0.5, 0.6) is 0 Å². The molecule has 8 nitrogen and oxygen atoms in total. The Kier molecular flexibility index (Phi) is 7.42. The number of amides is 2. The number of rotatable bonds is 6. The van der Waals surface area contributed by atoms with E-state index in [0.29, 0.717) is 30.6 Å². The maximum absolute atomic E-state index is 12.7. The van der Waals surface area contributed by atoms with Gasteiger partial charge in [0.25, 0.3) is 11.6 Å². The van der Waals surface area contributed by atoms with E-state index in [1.165, 1.54) is 24.3 Å². The van der Waals surface area contributed by atoms with Crippen LogP contribution in [0.25, 0.3) is 0 Å². The Morgan fingerprint density at radius 1 is 1.07 bits per heavy atom. The van der Waals surface area contributed by atoms with Crippen molar-refractivity contribution in [3.8, 4) is 0 Å². The van der Waals surface area contributed by atoms with E-state index in [1.807, 2.05) is 4.90 Å². The van der Waals surface area contributed by atoms with Gasteiger partial charge in [-0.2, -0.15) is 0 Å². The van der Waals surface area contributed by atoms with Gasteiger partial charge >= 0.3 is 0 Å². The van der Waals surface area contributed by atoms with Crippen LogP contribution in [-0.4, -0.2) is 65.3 Å². The fraction of sp³-hybridized carbons (Fsp3) is 0.636. The molecule has 0 unspecified atom stereocenters. The van der Waals surface area contributed by atoms with Crippen LogP contribution in [0, 0.1) is 22.0 Å². The van der Waals surface area contributed by atoms with Crippen molar-refractivity contribution in [3.63, 3.8) is 0 Å². The van der Waals surface area contributed by atoms with E-state index < -0.39 is 4.92 Å². The molecule has 8 heteroatoms. The molecule has 1 aromatic carbocycles. The molecule has 2 saturated heterocycles. The van der Waals surface area contributed by atoms with Crippen molar-refractivity contribution < 1.29 is 14.5 Å². The van der Waals surface area contributed by atoms with Crippen LogP contribution in [0.1, 0.15) is 49.9 Å². The number of non-ortho nitro benzene ring substituents is 1. The zero-order valence-electron chi connectivity index (χ0n) is 17.9. The Labute approximate surface area is 177 Å². The quantitative estimate of drug-likeness (QED) is 0.568. The summed E-state index contributed by atoms with van der Waals surface area (Å²) in [4.78, 5) is 39.6. The number of nitro benzene ring substituents is 1. The summed E-state index contributed by atoms with van der Waals surface area (Å²) in [5.74, 6) is 0.701. The third-order valence-electron chi connectivity index (χ3n) is 6.18. The molecule has 2 aliphatic heterocycles. The molecule has 0 radical (unpaired) electrons. The van der Waals surface area contributed by atoms with Crippen molar-refractivity contribution in [1.82, 2.24) is 15.1 Å². The molecule has 30 heavy (non-hydrogen) atoms. The van der Waals surface area contributed by atoms with Gasteiger partial charge in [0.1, 0.15) is 0 Å². The lowest BCUT2D eigenvalue weighted by Crippen LogP contribution is -2.50. The molecule has 0 aromatic heterocycles. The lowest BCUT2D eigenvalue weighted by atomic mass is 9.92. The van der Waals surface area contributed by atoms with Gasteiger partial charge in [-0.15, -0.1) is 0 Å². The number of piperidine rings is 2. The van der Waals surface area contributed by atoms with E-state index >= 15 is 0 Å². The number of nitro groups is 1. The molecule has 164 valence electrons. The van der Waals surface area contributed by atoms with Crippen LogP contribution in [0.4, 0.5) is 5.69 Å². The van der Waals surface area contributed by atoms with Gasteiger partial charge in [-0.3, -0.25) is 19.7 Å². The Morgan fingerprint density at radius 2 is 1.67 bits per heavy atom. The van der Waals surface area contributed by atoms with Crippen molar-refractivity contribution in [2.24, 2.45) is 11.8 Å². The summed E-state index contributed by atoms with van der Waals surface area (Å²) < 4.78 is 0. The van der Waals surface area contributed by atoms with Crippen LogP contribution in [0.3, 0.4) is 0 Å². The molecule has 0 bridgehead atoms. The molecule has 2 heterocycles. The van der Waals surface area contributed by atoms with E-state index in [2.05, 4.69) is 24.1 Å². The molecule has 1 aromatic rings. The first-order valence-corrected chi connectivity index (χ1v) is 10.9. The summed E-state index contributed by atoms with van der Waals surface area (Å²) in [6.07, 6.45) is 3.63. The fourth-order valence-corrected chi connectivity index (χ4v) is 4.32. The van der Waals surface area contributed by atoms with E-state index in [9.17, 15) is 19.7 Å². The smallest absolute Gasteiger partial charge is 0.269 e. The molecule has 0 atom stereocenters. The molecular formula is C22H32N4O4. The Hall–Kier alpha value is -2.48. The minimum Gasteiger partial charge on any atom is -0.356 e. The SMILES string of the molecule is CC(C)CNC(=O)C1CCN(C2CCN(C(=O)c3ccc([N+](=O)[O-])cc3)CC2)CC1. The van der Waals surface area contributed by atoms with Gasteiger partial charge in [0.2, 0.25) is 5.91 Å². The predicted molar refractivity (Wildman–Crippen MR) is 114 cm³/mol. The van der Waals surface area contributed by atoms with Gasteiger partial charge in [0, 0.05) is 49.3 Å². The summed E-state index contributed by atoms with van der Waals surface area (Å²) in [5.41, 5.74) is 0.485. The van der Waals surface area contributed by atoms with Gasteiger partial charge in [-0.25, -0.2) is 0 Å². The summed E-state index contributed by atoms with van der Waals surface area (Å²) in [7, 11) is 0. The number of likely N-dealkylation sites (tertiary alicyclic amines) is 2. The average Bonchev–Trinajstić information content (AvgIpc) is 2.77. The van der Waals surface area contributed by atoms with Crippen molar-refractivity contribution in [3.05, 3.63) is 39.9 Å². The fourth-order valence-electron chi connectivity index (χ4n) is 4.32. The number of carbonyl (C=O) groups excluding carboxylic acids is 2. The molecule has 1 N–H and O–H groups in total. The van der Waals surface area contributed by atoms with Crippen molar-refractivity contribution >= 4 is 17.5 Å². The lowest BCUT2D eigenvalue weighted by Gasteiger charge is -2.41. The molecule has 0 aliphatic carbocycles. The number of hydrogen-bond donors (Lipinski definition) is 1. The molecular weight excluding hydrogens is 384 g/mol. The standard InChI is InChI=1S/C22H32N4O4/c1-16(2)15-23-21(27)17-7-11-24(12-8-17)19-9-13-25(14-10-19)22(28)18-3-5-20(6-4-18)26(29)30/h3-6,16-17,19H,7-15H2,1-2H3,(H,23,27). The Morgan fingerprint density at radius 3 is 2.20 bits per heavy atom. The normalized spacial score (nSPS) is 19.1. The first-order chi connectivity index (χ1) is 14.3. The van der Waals surface area contributed by atoms with Gasteiger partial charge < -0.3 is 15.1 Å². The zero-order valence-corrected chi connectivity index (χ0v) is 17.9. The topological polar surface area (TPSA) is 95.8 Å². The second kappa shape index (κ2) is 10.0. The van der Waals surface area contributed by atoms with Crippen molar-refractivity contribution in [1.29, 1.82) is 0 Å². The Bertz CT molecular complexity index is 749. The van der Waals surface area contributed by atoms with Crippen LogP contribution < -0.4 is 5.32 Å². The van der Waals surface area contributed by atoms with Crippen LogP contribution >= 0.6 is 0 Å². The van der Waals surface area contributed by atoms with Gasteiger partial charge in [0.15, 0.2) is 0 Å². The maximum atomic E-state index is 12.7. The number of hydrogen-bond acceptors (Lipinski definition) is 5. The highest BCUT2D eigenvalue weighted by Crippen LogP contribution is 2.25. The highest BCUT2D eigenvalue weighted by molar-refractivity contribution is 5.94. The largest absolute Gasteiger partial charge is 0.356 e. The first kappa shape index (κ1) is 22.2. The monoisotopic (exact) mass is 416 g/mol. The maximum Gasteiger partial charge on any atom is 0.269 e. The van der Waals surface area contributed by atoms with Crippen LogP contribution in [0.15, 0.2) is 24.3 Å². The first-order valence-electron chi connectivity index (χ1n) is 10.9. The minimum absolute atomic E-state index is 0.00783. The predicted octanol–water partition coefficient (Wildman–Crippen LogP) is 2.68. The molecule has 0 spiro atoms. The molecule has 2 fully saturated rings. The van der Waals surface area contributed by atoms with Gasteiger partial charge in [0.05, 0.1) is 4.92 Å². The highest BCUT2D eigenvalue weighted by atomic mass is 16.6. The minimum atomic E-state index is -0.461. The van der Waals surface area contributed by atoms with Gasteiger partial charge in [-0.05, 0) is 56.8 Å². The Balaban J connectivity index is 1.44.